The molecular formula is C17H20N2O6. The van der Waals surface area contributed by atoms with Crippen molar-refractivity contribution in [2.24, 2.45) is 0 Å². The zero-order valence-electron chi connectivity index (χ0n) is 13.9. The minimum Gasteiger partial charge on any atom is -0.494 e. The van der Waals surface area contributed by atoms with Gasteiger partial charge in [-0.1, -0.05) is 0 Å². The van der Waals surface area contributed by atoms with Gasteiger partial charge in [0.05, 0.1) is 6.61 Å². The normalized spacial score (nSPS) is 13.5. The van der Waals surface area contributed by atoms with Crippen molar-refractivity contribution in [3.05, 3.63) is 29.8 Å². The molecule has 0 aromatic heterocycles. The first-order valence-corrected chi connectivity index (χ1v) is 8.01. The molecule has 2 rings (SSSR count). The average Bonchev–Trinajstić information content (AvgIpc) is 3.04. The van der Waals surface area contributed by atoms with Crippen molar-refractivity contribution < 1.29 is 28.7 Å². The Labute approximate surface area is 145 Å². The molecule has 1 saturated heterocycles. The first-order chi connectivity index (χ1) is 12.0. The van der Waals surface area contributed by atoms with Gasteiger partial charge < -0.3 is 14.8 Å². The molecule has 0 aliphatic carbocycles. The van der Waals surface area contributed by atoms with Crippen LogP contribution in [-0.4, -0.2) is 54.9 Å². The number of carbonyl (C=O) groups excluding carboxylic acids is 4. The van der Waals surface area contributed by atoms with E-state index in [4.69, 9.17) is 9.47 Å². The molecule has 8 heteroatoms. The average molecular weight is 348 g/mol. The number of esters is 1. The number of nitrogens with zero attached hydrogens (tertiary/aromatic N) is 1. The first kappa shape index (κ1) is 18.4. The predicted molar refractivity (Wildman–Crippen MR) is 86.9 cm³/mol. The maximum Gasteiger partial charge on any atom is 0.325 e. The molecule has 1 aliphatic rings. The third-order valence-electron chi connectivity index (χ3n) is 3.55. The maximum absolute atomic E-state index is 11.9. The number of carbonyl (C=O) groups is 4. The maximum atomic E-state index is 11.9. The standard InChI is InChI=1S/C17H20N2O6/c1-2-24-13-7-5-12(6-8-13)17(23)18-10-16(22)25-11-15(21)19-9-3-4-14(19)20/h5-8H,2-4,9-11H2,1H3,(H,18,23). The first-order valence-electron chi connectivity index (χ1n) is 8.01. The van der Waals surface area contributed by atoms with Gasteiger partial charge in [-0.15, -0.1) is 0 Å². The van der Waals surface area contributed by atoms with Crippen LogP contribution in [0.2, 0.25) is 0 Å². The Morgan fingerprint density at radius 3 is 2.52 bits per heavy atom. The predicted octanol–water partition coefficient (Wildman–Crippen LogP) is 0.507. The largest absolute Gasteiger partial charge is 0.494 e. The number of benzene rings is 1. The molecule has 1 aliphatic heterocycles. The van der Waals surface area contributed by atoms with Crippen LogP contribution in [0.5, 0.6) is 5.75 Å². The van der Waals surface area contributed by atoms with E-state index in [0.29, 0.717) is 37.3 Å². The molecule has 1 aromatic rings. The van der Waals surface area contributed by atoms with Crippen LogP contribution in [0.3, 0.4) is 0 Å². The number of ether oxygens (including phenoxy) is 2. The summed E-state index contributed by atoms with van der Waals surface area (Å²) in [4.78, 5) is 47.7. The summed E-state index contributed by atoms with van der Waals surface area (Å²) in [6.07, 6.45) is 0.953. The van der Waals surface area contributed by atoms with Crippen molar-refractivity contribution in [3.8, 4) is 5.75 Å². The number of imide groups is 1. The minimum absolute atomic E-state index is 0.259. The minimum atomic E-state index is -0.751. The molecule has 8 nitrogen and oxygen atoms in total. The molecule has 0 spiro atoms. The van der Waals surface area contributed by atoms with E-state index < -0.39 is 24.4 Å². The molecule has 1 aromatic carbocycles. The van der Waals surface area contributed by atoms with Gasteiger partial charge in [0, 0.05) is 18.5 Å². The van der Waals surface area contributed by atoms with Crippen molar-refractivity contribution in [1.82, 2.24) is 10.2 Å². The van der Waals surface area contributed by atoms with Crippen molar-refractivity contribution in [1.29, 1.82) is 0 Å². The Kier molecular flexibility index (Phi) is 6.50. The lowest BCUT2D eigenvalue weighted by atomic mass is 10.2. The second-order valence-corrected chi connectivity index (χ2v) is 5.34. The van der Waals surface area contributed by atoms with Crippen molar-refractivity contribution in [2.75, 3.05) is 26.3 Å². The molecule has 0 unspecified atom stereocenters. The summed E-state index contributed by atoms with van der Waals surface area (Å²) in [5, 5.41) is 2.41. The highest BCUT2D eigenvalue weighted by molar-refractivity contribution is 5.98. The molecule has 1 N–H and O–H groups in total. The van der Waals surface area contributed by atoms with Gasteiger partial charge in [-0.25, -0.2) is 0 Å². The van der Waals surface area contributed by atoms with Crippen molar-refractivity contribution in [2.45, 2.75) is 19.8 Å². The summed E-state index contributed by atoms with van der Waals surface area (Å²) in [7, 11) is 0. The molecule has 25 heavy (non-hydrogen) atoms. The molecule has 1 heterocycles. The van der Waals surface area contributed by atoms with Gasteiger partial charge in [0.25, 0.3) is 11.8 Å². The van der Waals surface area contributed by atoms with Crippen LogP contribution < -0.4 is 10.1 Å². The quantitative estimate of drug-likeness (QED) is 0.720. The second kappa shape index (κ2) is 8.81. The van der Waals surface area contributed by atoms with Crippen molar-refractivity contribution >= 4 is 23.7 Å². The molecule has 0 radical (unpaired) electrons. The van der Waals surface area contributed by atoms with Gasteiger partial charge in [-0.2, -0.15) is 0 Å². The smallest absolute Gasteiger partial charge is 0.325 e. The summed E-state index contributed by atoms with van der Waals surface area (Å²) >= 11 is 0. The van der Waals surface area contributed by atoms with Gasteiger partial charge >= 0.3 is 5.97 Å². The Morgan fingerprint density at radius 1 is 1.20 bits per heavy atom. The van der Waals surface area contributed by atoms with E-state index in [9.17, 15) is 19.2 Å². The second-order valence-electron chi connectivity index (χ2n) is 5.34. The fourth-order valence-electron chi connectivity index (χ4n) is 2.31. The topological polar surface area (TPSA) is 102 Å². The SMILES string of the molecule is CCOc1ccc(C(=O)NCC(=O)OCC(=O)N2CCCC2=O)cc1. The lowest BCUT2D eigenvalue weighted by Crippen LogP contribution is -2.37. The van der Waals surface area contributed by atoms with Crippen LogP contribution in [-0.2, 0) is 19.1 Å². The zero-order valence-corrected chi connectivity index (χ0v) is 13.9. The highest BCUT2D eigenvalue weighted by atomic mass is 16.5. The van der Waals surface area contributed by atoms with Gasteiger partial charge in [-0.3, -0.25) is 24.1 Å². The van der Waals surface area contributed by atoms with E-state index in [-0.39, 0.29) is 12.5 Å². The van der Waals surface area contributed by atoms with E-state index in [1.165, 1.54) is 0 Å². The number of rotatable bonds is 7. The van der Waals surface area contributed by atoms with Gasteiger partial charge in [0.1, 0.15) is 12.3 Å². The van der Waals surface area contributed by atoms with Crippen LogP contribution >= 0.6 is 0 Å². The molecule has 134 valence electrons. The van der Waals surface area contributed by atoms with E-state index in [0.717, 1.165) is 4.90 Å². The molecule has 0 atom stereocenters. The number of nitrogens with one attached hydrogen (secondary N) is 1. The number of likely N-dealkylation sites (tertiary alicyclic amines) is 1. The zero-order chi connectivity index (χ0) is 18.2. The fraction of sp³-hybridized carbons (Fsp3) is 0.412. The van der Waals surface area contributed by atoms with E-state index in [1.807, 2.05) is 6.92 Å². The van der Waals surface area contributed by atoms with Crippen LogP contribution in [0.1, 0.15) is 30.1 Å². The molecular weight excluding hydrogens is 328 g/mol. The Morgan fingerprint density at radius 2 is 1.92 bits per heavy atom. The lowest BCUT2D eigenvalue weighted by Gasteiger charge is -2.13. The molecule has 0 saturated carbocycles. The fourth-order valence-corrected chi connectivity index (χ4v) is 2.31. The number of hydrogen-bond acceptors (Lipinski definition) is 6. The Balaban J connectivity index is 1.72. The number of hydrogen-bond donors (Lipinski definition) is 1. The summed E-state index contributed by atoms with van der Waals surface area (Å²) in [5.74, 6) is -1.35. The summed E-state index contributed by atoms with van der Waals surface area (Å²) in [6, 6.07) is 6.47. The third-order valence-corrected chi connectivity index (χ3v) is 3.55. The third kappa shape index (κ3) is 5.30. The molecule has 0 bridgehead atoms. The monoisotopic (exact) mass is 348 g/mol. The lowest BCUT2D eigenvalue weighted by molar-refractivity contribution is -0.154. The van der Waals surface area contributed by atoms with Gasteiger partial charge in [-0.05, 0) is 37.6 Å². The van der Waals surface area contributed by atoms with Gasteiger partial charge in [0.2, 0.25) is 5.91 Å². The summed E-state index contributed by atoms with van der Waals surface area (Å²) < 4.78 is 10.1. The van der Waals surface area contributed by atoms with Crippen LogP contribution in [0.4, 0.5) is 0 Å². The van der Waals surface area contributed by atoms with Crippen LogP contribution in [0.25, 0.3) is 0 Å². The Hall–Kier alpha value is -2.90. The van der Waals surface area contributed by atoms with E-state index >= 15 is 0 Å². The van der Waals surface area contributed by atoms with Crippen LogP contribution in [0, 0.1) is 0 Å². The summed E-state index contributed by atoms with van der Waals surface area (Å²) in [6.45, 7) is 1.86. The van der Waals surface area contributed by atoms with Gasteiger partial charge in [0.15, 0.2) is 6.61 Å². The highest BCUT2D eigenvalue weighted by Gasteiger charge is 2.26. The van der Waals surface area contributed by atoms with Crippen LogP contribution in [0.15, 0.2) is 24.3 Å². The molecule has 3 amide bonds. The Bertz CT molecular complexity index is 656. The van der Waals surface area contributed by atoms with E-state index in [2.05, 4.69) is 5.32 Å². The highest BCUT2D eigenvalue weighted by Crippen LogP contribution is 2.12. The van der Waals surface area contributed by atoms with E-state index in [1.54, 1.807) is 24.3 Å². The number of amides is 3. The summed E-state index contributed by atoms with van der Waals surface area (Å²) in [5.41, 5.74) is 0.370. The molecule has 1 fully saturated rings. The van der Waals surface area contributed by atoms with Crippen molar-refractivity contribution in [3.63, 3.8) is 0 Å².